The Bertz CT molecular complexity index is 2450. The van der Waals surface area contributed by atoms with Crippen LogP contribution in [0.5, 0.6) is 23.0 Å². The Morgan fingerprint density at radius 1 is 0.339 bits per heavy atom. The van der Waals surface area contributed by atoms with Crippen LogP contribution in [0.15, 0.2) is 72.8 Å². The molecule has 0 unspecified atom stereocenters. The number of ether oxygens (including phenoxy) is 10. The molecular formula is C48H50N4O10. The second-order valence-electron chi connectivity index (χ2n) is 14.6. The molecule has 7 heterocycles. The normalized spacial score (nSPS) is 17.3. The van der Waals surface area contributed by atoms with E-state index in [0.717, 1.165) is 67.1 Å². The Morgan fingerprint density at radius 2 is 0.710 bits per heavy atom. The standard InChI is InChI=1S/C48H50N4O10/c1-11-43-45(61-27-23-57-19-15-53-13-17-55-21-25-59-43)29-33(1)47-39-7-3-35(49-39)31-37-5-9-41(51-37)48(42-10-6-38(52-42)32-36-4-8-40(47)50-36)34-2-12-44-46(30-34)62-28-24-58-20-16-54-14-18-56-22-26-60-44/h1-12,29-32,49-50H,13-28H2. The van der Waals surface area contributed by atoms with E-state index >= 15 is 0 Å². The number of fused-ring (bicyclic) bond motifs is 10. The average Bonchev–Trinajstić information content (AvgIpc) is 4.12. The van der Waals surface area contributed by atoms with Crippen molar-refractivity contribution < 1.29 is 47.4 Å². The lowest BCUT2D eigenvalue weighted by Crippen LogP contribution is -2.13. The van der Waals surface area contributed by atoms with Gasteiger partial charge in [-0.15, -0.1) is 0 Å². The van der Waals surface area contributed by atoms with E-state index in [1.807, 2.05) is 72.8 Å². The minimum atomic E-state index is 0.346. The van der Waals surface area contributed by atoms with Gasteiger partial charge in [0.05, 0.1) is 102 Å². The summed E-state index contributed by atoms with van der Waals surface area (Å²) >= 11 is 0. The van der Waals surface area contributed by atoms with Gasteiger partial charge in [-0.25, -0.2) is 9.97 Å². The third kappa shape index (κ3) is 10.5. The number of hydrogen-bond donors (Lipinski definition) is 2. The minimum Gasteiger partial charge on any atom is -0.487 e. The van der Waals surface area contributed by atoms with Gasteiger partial charge in [0.15, 0.2) is 23.0 Å². The molecule has 4 aliphatic rings. The van der Waals surface area contributed by atoms with E-state index in [-0.39, 0.29) is 0 Å². The zero-order valence-electron chi connectivity index (χ0n) is 34.5. The van der Waals surface area contributed by atoms with Crippen molar-refractivity contribution in [3.8, 4) is 45.3 Å². The molecule has 0 atom stereocenters. The van der Waals surface area contributed by atoms with Gasteiger partial charge in [-0.2, -0.15) is 0 Å². The minimum absolute atomic E-state index is 0.346. The van der Waals surface area contributed by atoms with Gasteiger partial charge < -0.3 is 57.3 Å². The lowest BCUT2D eigenvalue weighted by Gasteiger charge is -2.15. The third-order valence-corrected chi connectivity index (χ3v) is 10.3. The fourth-order valence-electron chi connectivity index (χ4n) is 7.40. The van der Waals surface area contributed by atoms with Crippen LogP contribution < -0.4 is 18.9 Å². The van der Waals surface area contributed by atoms with Gasteiger partial charge in [-0.05, 0) is 96.1 Å². The van der Waals surface area contributed by atoms with Crippen LogP contribution in [-0.2, 0) is 28.4 Å². The first kappa shape index (κ1) is 41.4. The summed E-state index contributed by atoms with van der Waals surface area (Å²) in [5.74, 6) is 2.46. The molecule has 3 aromatic heterocycles. The topological polar surface area (TPSA) is 150 Å². The number of benzene rings is 2. The molecule has 0 saturated heterocycles. The average molecular weight is 843 g/mol. The van der Waals surface area contributed by atoms with E-state index in [4.69, 9.17) is 57.3 Å². The van der Waals surface area contributed by atoms with Crippen molar-refractivity contribution in [1.82, 2.24) is 19.9 Å². The lowest BCUT2D eigenvalue weighted by molar-refractivity contribution is 0.00708. The molecule has 2 N–H and O–H groups in total. The maximum Gasteiger partial charge on any atom is 0.161 e. The van der Waals surface area contributed by atoms with Gasteiger partial charge in [-0.3, -0.25) is 0 Å². The largest absolute Gasteiger partial charge is 0.487 e. The predicted octanol–water partition coefficient (Wildman–Crippen LogP) is 7.63. The number of aromatic nitrogens is 4. The first-order chi connectivity index (χ1) is 30.7. The van der Waals surface area contributed by atoms with Crippen molar-refractivity contribution in [2.24, 2.45) is 0 Å². The summed E-state index contributed by atoms with van der Waals surface area (Å²) in [7, 11) is 0. The summed E-state index contributed by atoms with van der Waals surface area (Å²) in [6.45, 7) is 7.10. The van der Waals surface area contributed by atoms with Gasteiger partial charge >= 0.3 is 0 Å². The van der Waals surface area contributed by atoms with Crippen molar-refractivity contribution in [2.75, 3.05) is 106 Å². The molecular weight excluding hydrogens is 793 g/mol. The SMILES string of the molecule is C1=Cc2nc1cc1ccc([nH]1)c(-c1ccc3c(c1)OCCOCCOCCOCCO3)c1ccc(cc3nc(c2-c2ccc4c(c2)OCCOCCOCCOCCO4)C=C3)[nH]1. The Balaban J connectivity index is 1.11. The quantitative estimate of drug-likeness (QED) is 0.176. The van der Waals surface area contributed by atoms with Crippen LogP contribution in [0.2, 0.25) is 0 Å². The van der Waals surface area contributed by atoms with E-state index < -0.39 is 0 Å². The molecule has 4 aliphatic heterocycles. The van der Waals surface area contributed by atoms with Crippen LogP contribution in [0.25, 0.3) is 68.6 Å². The number of H-pyrrole nitrogens is 2. The van der Waals surface area contributed by atoms with Crippen molar-refractivity contribution in [1.29, 1.82) is 0 Å². The monoisotopic (exact) mass is 842 g/mol. The molecule has 0 radical (unpaired) electrons. The Morgan fingerprint density at radius 3 is 1.13 bits per heavy atom. The van der Waals surface area contributed by atoms with Crippen LogP contribution in [-0.4, -0.2) is 126 Å². The molecule has 14 heteroatoms. The molecule has 14 nitrogen and oxygen atoms in total. The summed E-state index contributed by atoms with van der Waals surface area (Å²) in [6.07, 6.45) is 8.09. The predicted molar refractivity (Wildman–Crippen MR) is 237 cm³/mol. The highest BCUT2D eigenvalue weighted by Gasteiger charge is 2.18. The summed E-state index contributed by atoms with van der Waals surface area (Å²) in [5.41, 5.74) is 10.4. The number of hydrogen-bond acceptors (Lipinski definition) is 12. The summed E-state index contributed by atoms with van der Waals surface area (Å²) in [5, 5.41) is 0. The lowest BCUT2D eigenvalue weighted by atomic mass is 10.0. The van der Waals surface area contributed by atoms with Gasteiger partial charge in [0.2, 0.25) is 0 Å². The Labute approximate surface area is 359 Å². The Kier molecular flexibility index (Phi) is 13.8. The second kappa shape index (κ2) is 20.7. The molecule has 0 spiro atoms. The van der Waals surface area contributed by atoms with Crippen molar-refractivity contribution in [2.45, 2.75) is 0 Å². The fraction of sp³-hybridized carbons (Fsp3) is 0.333. The molecule has 0 saturated carbocycles. The van der Waals surface area contributed by atoms with E-state index in [9.17, 15) is 0 Å². The van der Waals surface area contributed by atoms with E-state index in [1.54, 1.807) is 0 Å². The zero-order chi connectivity index (χ0) is 41.8. The third-order valence-electron chi connectivity index (χ3n) is 10.3. The van der Waals surface area contributed by atoms with Gasteiger partial charge in [-0.1, -0.05) is 12.1 Å². The summed E-state index contributed by atoms with van der Waals surface area (Å²) in [6, 6.07) is 24.3. The molecule has 2 aromatic carbocycles. The summed E-state index contributed by atoms with van der Waals surface area (Å²) in [4.78, 5) is 17.6. The van der Waals surface area contributed by atoms with Gasteiger partial charge in [0.25, 0.3) is 0 Å². The van der Waals surface area contributed by atoms with Crippen LogP contribution in [0.4, 0.5) is 0 Å². The highest BCUT2D eigenvalue weighted by atomic mass is 16.6. The van der Waals surface area contributed by atoms with Crippen LogP contribution in [0.1, 0.15) is 22.8 Å². The number of nitrogens with one attached hydrogen (secondary N) is 2. The van der Waals surface area contributed by atoms with Crippen LogP contribution in [0, 0.1) is 0 Å². The molecule has 5 aromatic rings. The van der Waals surface area contributed by atoms with E-state index in [1.165, 1.54) is 0 Å². The van der Waals surface area contributed by atoms with Crippen molar-refractivity contribution in [3.05, 3.63) is 95.6 Å². The number of nitrogens with zero attached hydrogens (tertiary/aromatic N) is 2. The molecule has 0 amide bonds. The van der Waals surface area contributed by atoms with Crippen LogP contribution in [0.3, 0.4) is 0 Å². The van der Waals surface area contributed by atoms with Gasteiger partial charge in [0, 0.05) is 33.2 Å². The number of rotatable bonds is 2. The van der Waals surface area contributed by atoms with Gasteiger partial charge in [0.1, 0.15) is 26.4 Å². The molecule has 0 aliphatic carbocycles. The molecule has 62 heavy (non-hydrogen) atoms. The first-order valence-corrected chi connectivity index (χ1v) is 21.1. The smallest absolute Gasteiger partial charge is 0.161 e. The first-order valence-electron chi connectivity index (χ1n) is 21.1. The highest BCUT2D eigenvalue weighted by Crippen LogP contribution is 2.39. The van der Waals surface area contributed by atoms with E-state index in [2.05, 4.69) is 34.2 Å². The number of aromatic amines is 2. The zero-order valence-corrected chi connectivity index (χ0v) is 34.5. The molecule has 322 valence electrons. The maximum absolute atomic E-state index is 6.28. The maximum atomic E-state index is 6.28. The fourth-order valence-corrected chi connectivity index (χ4v) is 7.40. The second-order valence-corrected chi connectivity index (χ2v) is 14.6. The highest BCUT2D eigenvalue weighted by molar-refractivity contribution is 5.95. The van der Waals surface area contributed by atoms with E-state index in [0.29, 0.717) is 129 Å². The van der Waals surface area contributed by atoms with Crippen molar-refractivity contribution >= 4 is 46.4 Å². The summed E-state index contributed by atoms with van der Waals surface area (Å²) < 4.78 is 58.8. The Hall–Kier alpha value is -6.00. The van der Waals surface area contributed by atoms with Crippen LogP contribution >= 0.6 is 0 Å². The molecule has 9 rings (SSSR count). The molecule has 8 bridgehead atoms. The van der Waals surface area contributed by atoms with Crippen molar-refractivity contribution in [3.63, 3.8) is 0 Å². The molecule has 0 fully saturated rings.